The number of ether oxygens (including phenoxy) is 2. The minimum absolute atomic E-state index is 0.0314. The molecule has 0 amide bonds. The second kappa shape index (κ2) is 6.41. The largest absolute Gasteiger partial charge is 0.486 e. The maximum atomic E-state index is 6.11. The summed E-state index contributed by atoms with van der Waals surface area (Å²) in [6.45, 7) is 3.19. The first kappa shape index (κ1) is 15.8. The molecule has 1 N–H and O–H groups in total. The van der Waals surface area contributed by atoms with Crippen molar-refractivity contribution in [2.75, 3.05) is 31.6 Å². The number of likely N-dealkylation sites (N-methyl/N-ethyl adjacent to an activating group) is 1. The van der Waals surface area contributed by atoms with Crippen molar-refractivity contribution in [3.05, 3.63) is 41.0 Å². The van der Waals surface area contributed by atoms with Crippen LogP contribution in [0.4, 0.5) is 5.82 Å². The molecule has 2 aliphatic heterocycles. The zero-order chi connectivity index (χ0) is 17.5. The number of thiophene rings is 1. The molecule has 1 unspecified atom stereocenters. The molecule has 0 aliphatic carbocycles. The van der Waals surface area contributed by atoms with Crippen molar-refractivity contribution in [2.45, 2.75) is 19.1 Å². The van der Waals surface area contributed by atoms with Crippen molar-refractivity contribution in [1.82, 2.24) is 15.3 Å². The Labute approximate surface area is 155 Å². The Hall–Kier alpha value is -2.38. The van der Waals surface area contributed by atoms with Crippen molar-refractivity contribution in [2.24, 2.45) is 0 Å². The highest BCUT2D eigenvalue weighted by molar-refractivity contribution is 7.19. The average Bonchev–Trinajstić information content (AvgIpc) is 3.06. The molecule has 7 heteroatoms. The van der Waals surface area contributed by atoms with Gasteiger partial charge in [0.2, 0.25) is 0 Å². The molecule has 0 bridgehead atoms. The lowest BCUT2D eigenvalue weighted by Gasteiger charge is -2.30. The molecule has 0 saturated carbocycles. The highest BCUT2D eigenvalue weighted by atomic mass is 32.1. The molecule has 1 aromatic carbocycles. The molecule has 2 aliphatic rings. The minimum Gasteiger partial charge on any atom is -0.486 e. The zero-order valence-corrected chi connectivity index (χ0v) is 15.4. The van der Waals surface area contributed by atoms with E-state index in [1.54, 1.807) is 17.7 Å². The van der Waals surface area contributed by atoms with Crippen LogP contribution in [0.5, 0.6) is 11.5 Å². The van der Waals surface area contributed by atoms with Crippen LogP contribution in [-0.4, -0.2) is 42.8 Å². The van der Waals surface area contributed by atoms with Gasteiger partial charge in [-0.15, -0.1) is 11.3 Å². The fourth-order valence-corrected chi connectivity index (χ4v) is 4.83. The van der Waals surface area contributed by atoms with E-state index in [1.165, 1.54) is 15.8 Å². The van der Waals surface area contributed by atoms with Crippen LogP contribution < -0.4 is 19.7 Å². The van der Waals surface area contributed by atoms with Gasteiger partial charge in [-0.2, -0.15) is 0 Å². The first-order valence-electron chi connectivity index (χ1n) is 8.85. The summed E-state index contributed by atoms with van der Waals surface area (Å²) in [5, 5.41) is 4.64. The number of aromatic nitrogens is 2. The lowest BCUT2D eigenvalue weighted by molar-refractivity contribution is 0.0960. The summed E-state index contributed by atoms with van der Waals surface area (Å²) in [6, 6.07) is 7.82. The van der Waals surface area contributed by atoms with Gasteiger partial charge in [0.05, 0.1) is 11.9 Å². The van der Waals surface area contributed by atoms with Crippen LogP contribution in [0.2, 0.25) is 0 Å². The number of benzene rings is 1. The van der Waals surface area contributed by atoms with E-state index >= 15 is 0 Å². The quantitative estimate of drug-likeness (QED) is 0.767. The highest BCUT2D eigenvalue weighted by Crippen LogP contribution is 2.37. The molecule has 0 fully saturated rings. The molecule has 2 aromatic heterocycles. The molecule has 5 rings (SSSR count). The van der Waals surface area contributed by atoms with Gasteiger partial charge in [-0.25, -0.2) is 9.97 Å². The van der Waals surface area contributed by atoms with Crippen molar-refractivity contribution in [3.63, 3.8) is 0 Å². The molecule has 0 saturated heterocycles. The van der Waals surface area contributed by atoms with E-state index in [9.17, 15) is 0 Å². The Morgan fingerprint density at radius 1 is 1.27 bits per heavy atom. The average molecular weight is 368 g/mol. The number of nitrogens with one attached hydrogen (secondary N) is 1. The standard InChI is InChI=1S/C19H20N4O2S/c1-23(9-12-10-24-14-4-2-3-5-15(14)25-12)18-17-13-6-7-20-8-16(13)26-19(17)22-11-21-18/h2-5,11-12,20H,6-10H2,1H3. The first-order chi connectivity index (χ1) is 12.8. The normalized spacial score (nSPS) is 18.6. The molecular formula is C19H20N4O2S. The van der Waals surface area contributed by atoms with Gasteiger partial charge in [-0.3, -0.25) is 0 Å². The second-order valence-electron chi connectivity index (χ2n) is 6.69. The highest BCUT2D eigenvalue weighted by Gasteiger charge is 2.25. The maximum absolute atomic E-state index is 6.11. The van der Waals surface area contributed by atoms with Crippen molar-refractivity contribution in [3.8, 4) is 11.5 Å². The predicted octanol–water partition coefficient (Wildman–Crippen LogP) is 2.61. The summed E-state index contributed by atoms with van der Waals surface area (Å²) in [5.74, 6) is 2.61. The predicted molar refractivity (Wildman–Crippen MR) is 102 cm³/mol. The number of rotatable bonds is 3. The van der Waals surface area contributed by atoms with E-state index in [4.69, 9.17) is 9.47 Å². The summed E-state index contributed by atoms with van der Waals surface area (Å²) >= 11 is 1.77. The van der Waals surface area contributed by atoms with Crippen LogP contribution in [0.1, 0.15) is 10.4 Å². The van der Waals surface area contributed by atoms with Crippen LogP contribution in [0.25, 0.3) is 10.2 Å². The van der Waals surface area contributed by atoms with Crippen molar-refractivity contribution < 1.29 is 9.47 Å². The fourth-order valence-electron chi connectivity index (χ4n) is 3.68. The summed E-state index contributed by atoms with van der Waals surface area (Å²) in [6.07, 6.45) is 2.66. The number of fused-ring (bicyclic) bond motifs is 4. The SMILES string of the molecule is CN(CC1COc2ccccc2O1)c1ncnc2sc3c(c12)CCNC3. The van der Waals surface area contributed by atoms with Gasteiger partial charge >= 0.3 is 0 Å². The molecule has 3 aromatic rings. The van der Waals surface area contributed by atoms with E-state index < -0.39 is 0 Å². The van der Waals surface area contributed by atoms with Gasteiger partial charge < -0.3 is 19.7 Å². The van der Waals surface area contributed by atoms with Gasteiger partial charge in [-0.05, 0) is 30.7 Å². The Morgan fingerprint density at radius 2 is 2.15 bits per heavy atom. The van der Waals surface area contributed by atoms with E-state index in [1.807, 2.05) is 24.3 Å². The van der Waals surface area contributed by atoms with Gasteiger partial charge in [0, 0.05) is 18.5 Å². The third-order valence-electron chi connectivity index (χ3n) is 4.89. The smallest absolute Gasteiger partial charge is 0.161 e. The van der Waals surface area contributed by atoms with E-state index in [2.05, 4.69) is 27.2 Å². The number of nitrogens with zero attached hydrogens (tertiary/aromatic N) is 3. The summed E-state index contributed by atoms with van der Waals surface area (Å²) < 4.78 is 12.0. The number of anilines is 1. The van der Waals surface area contributed by atoms with E-state index in [0.29, 0.717) is 13.2 Å². The van der Waals surface area contributed by atoms with Crippen LogP contribution in [0, 0.1) is 0 Å². The number of hydrogen-bond donors (Lipinski definition) is 1. The van der Waals surface area contributed by atoms with E-state index in [-0.39, 0.29) is 6.10 Å². The van der Waals surface area contributed by atoms with Crippen LogP contribution in [0.3, 0.4) is 0 Å². The molecular weight excluding hydrogens is 348 g/mol. The minimum atomic E-state index is -0.0314. The summed E-state index contributed by atoms with van der Waals surface area (Å²) in [4.78, 5) is 13.7. The Morgan fingerprint density at radius 3 is 3.08 bits per heavy atom. The van der Waals surface area contributed by atoms with E-state index in [0.717, 1.165) is 41.7 Å². The molecule has 0 spiro atoms. The van der Waals surface area contributed by atoms with Gasteiger partial charge in [-0.1, -0.05) is 12.1 Å². The summed E-state index contributed by atoms with van der Waals surface area (Å²) in [7, 11) is 2.07. The lowest BCUT2D eigenvalue weighted by Crippen LogP contribution is -2.39. The third-order valence-corrected chi connectivity index (χ3v) is 6.03. The van der Waals surface area contributed by atoms with Crippen molar-refractivity contribution >= 4 is 27.4 Å². The van der Waals surface area contributed by atoms with Gasteiger partial charge in [0.25, 0.3) is 0 Å². The van der Waals surface area contributed by atoms with Gasteiger partial charge in [0.1, 0.15) is 23.6 Å². The second-order valence-corrected chi connectivity index (χ2v) is 7.77. The lowest BCUT2D eigenvalue weighted by atomic mass is 10.1. The van der Waals surface area contributed by atoms with Crippen LogP contribution in [0.15, 0.2) is 30.6 Å². The Kier molecular flexibility index (Phi) is 3.90. The monoisotopic (exact) mass is 368 g/mol. The maximum Gasteiger partial charge on any atom is 0.161 e. The molecule has 134 valence electrons. The molecule has 0 radical (unpaired) electrons. The molecule has 26 heavy (non-hydrogen) atoms. The zero-order valence-electron chi connectivity index (χ0n) is 14.6. The molecule has 1 atom stereocenters. The van der Waals surface area contributed by atoms with Gasteiger partial charge in [0.15, 0.2) is 17.6 Å². The molecule has 4 heterocycles. The summed E-state index contributed by atoms with van der Waals surface area (Å²) in [5.41, 5.74) is 1.40. The number of hydrogen-bond acceptors (Lipinski definition) is 7. The number of para-hydroxylation sites is 2. The Balaban J connectivity index is 1.42. The van der Waals surface area contributed by atoms with Crippen molar-refractivity contribution in [1.29, 1.82) is 0 Å². The fraction of sp³-hybridized carbons (Fsp3) is 0.368. The first-order valence-corrected chi connectivity index (χ1v) is 9.67. The Bertz CT molecular complexity index is 958. The van der Waals surface area contributed by atoms with Crippen LogP contribution in [-0.2, 0) is 13.0 Å². The van der Waals surface area contributed by atoms with Crippen LogP contribution >= 0.6 is 11.3 Å². The third kappa shape index (κ3) is 2.68. The molecule has 6 nitrogen and oxygen atoms in total. The topological polar surface area (TPSA) is 59.5 Å².